The highest BCUT2D eigenvalue weighted by molar-refractivity contribution is 5.54. The lowest BCUT2D eigenvalue weighted by molar-refractivity contribution is 0.364. The molecular weight excluding hydrogens is 314 g/mol. The van der Waals surface area contributed by atoms with Crippen LogP contribution in [0.15, 0.2) is 18.7 Å². The third-order valence-corrected chi connectivity index (χ3v) is 5.15. The van der Waals surface area contributed by atoms with Crippen molar-refractivity contribution in [3.63, 3.8) is 0 Å². The summed E-state index contributed by atoms with van der Waals surface area (Å²) in [5.74, 6) is 2.61. The number of imidazole rings is 1. The van der Waals surface area contributed by atoms with Crippen molar-refractivity contribution in [1.82, 2.24) is 24.8 Å². The molecule has 7 heteroatoms. The second-order valence-electron chi connectivity index (χ2n) is 7.31. The maximum absolute atomic E-state index is 4.93. The van der Waals surface area contributed by atoms with Crippen LogP contribution in [0.5, 0.6) is 0 Å². The maximum atomic E-state index is 4.93. The number of piperidine rings is 1. The number of anilines is 2. The minimum Gasteiger partial charge on any atom is -0.356 e. The first kappa shape index (κ1) is 16.3. The predicted molar refractivity (Wildman–Crippen MR) is 98.9 cm³/mol. The molecule has 0 aliphatic carbocycles. The second kappa shape index (κ2) is 7.00. The summed E-state index contributed by atoms with van der Waals surface area (Å²) in [6, 6.07) is 0. The molecule has 2 aromatic heterocycles. The lowest BCUT2D eigenvalue weighted by Gasteiger charge is -2.36. The van der Waals surface area contributed by atoms with Crippen LogP contribution in [0.1, 0.15) is 24.1 Å². The van der Waals surface area contributed by atoms with E-state index in [1.165, 1.54) is 18.4 Å². The molecule has 4 heterocycles. The molecule has 2 aliphatic rings. The van der Waals surface area contributed by atoms with Gasteiger partial charge >= 0.3 is 0 Å². The van der Waals surface area contributed by atoms with Crippen LogP contribution in [0.4, 0.5) is 11.8 Å². The zero-order valence-electron chi connectivity index (χ0n) is 15.1. The van der Waals surface area contributed by atoms with E-state index in [4.69, 9.17) is 9.97 Å². The Morgan fingerprint density at radius 1 is 1.32 bits per heavy atom. The van der Waals surface area contributed by atoms with E-state index in [0.717, 1.165) is 56.6 Å². The zero-order valence-corrected chi connectivity index (χ0v) is 15.1. The molecule has 7 nitrogen and oxygen atoms in total. The third kappa shape index (κ3) is 3.46. The van der Waals surface area contributed by atoms with Gasteiger partial charge in [-0.25, -0.2) is 9.97 Å². The molecule has 1 saturated heterocycles. The lowest BCUT2D eigenvalue weighted by Crippen LogP contribution is -2.39. The molecule has 1 atom stereocenters. The van der Waals surface area contributed by atoms with Gasteiger partial charge in [-0.1, -0.05) is 0 Å². The number of nitrogens with one attached hydrogen (secondary N) is 1. The highest BCUT2D eigenvalue weighted by Gasteiger charge is 2.26. The summed E-state index contributed by atoms with van der Waals surface area (Å²) < 4.78 is 2.19. The number of nitrogens with zero attached hydrogens (tertiary/aromatic N) is 6. The Bertz CT molecular complexity index is 710. The molecule has 1 fully saturated rings. The highest BCUT2D eigenvalue weighted by Crippen LogP contribution is 2.30. The lowest BCUT2D eigenvalue weighted by atomic mass is 9.96. The van der Waals surface area contributed by atoms with E-state index >= 15 is 0 Å². The molecular formula is C18H27N7. The Hall–Kier alpha value is -2.15. The van der Waals surface area contributed by atoms with Crippen molar-refractivity contribution in [3.8, 4) is 0 Å². The van der Waals surface area contributed by atoms with E-state index in [1.54, 1.807) is 0 Å². The van der Waals surface area contributed by atoms with Crippen LogP contribution in [0.2, 0.25) is 0 Å². The first-order valence-electron chi connectivity index (χ1n) is 9.19. The van der Waals surface area contributed by atoms with Crippen LogP contribution in [0.25, 0.3) is 0 Å². The van der Waals surface area contributed by atoms with Crippen LogP contribution < -0.4 is 15.1 Å². The minimum atomic E-state index is 0.637. The van der Waals surface area contributed by atoms with E-state index in [1.807, 2.05) is 31.5 Å². The zero-order chi connectivity index (χ0) is 17.2. The minimum absolute atomic E-state index is 0.637. The van der Waals surface area contributed by atoms with Crippen LogP contribution >= 0.6 is 0 Å². The van der Waals surface area contributed by atoms with E-state index in [-0.39, 0.29) is 0 Å². The molecule has 0 aromatic carbocycles. The normalized spacial score (nSPS) is 20.4. The van der Waals surface area contributed by atoms with Crippen molar-refractivity contribution < 1.29 is 0 Å². The van der Waals surface area contributed by atoms with Crippen molar-refractivity contribution in [2.75, 3.05) is 43.5 Å². The number of hydrogen-bond donors (Lipinski definition) is 1. The van der Waals surface area contributed by atoms with Gasteiger partial charge in [-0.05, 0) is 31.7 Å². The Balaban J connectivity index is 1.60. The van der Waals surface area contributed by atoms with Crippen LogP contribution in [0.3, 0.4) is 0 Å². The molecule has 1 N–H and O–H groups in total. The third-order valence-electron chi connectivity index (χ3n) is 5.15. The fourth-order valence-corrected chi connectivity index (χ4v) is 3.89. The molecule has 0 radical (unpaired) electrons. The molecule has 1 unspecified atom stereocenters. The molecule has 2 aliphatic heterocycles. The predicted octanol–water partition coefficient (Wildman–Crippen LogP) is 1.30. The van der Waals surface area contributed by atoms with Gasteiger partial charge in [-0.2, -0.15) is 4.98 Å². The van der Waals surface area contributed by atoms with Crippen LogP contribution in [0, 0.1) is 5.92 Å². The Morgan fingerprint density at radius 2 is 2.24 bits per heavy atom. The van der Waals surface area contributed by atoms with Crippen LogP contribution in [-0.4, -0.2) is 53.2 Å². The average molecular weight is 341 g/mol. The highest BCUT2D eigenvalue weighted by atomic mass is 15.3. The van der Waals surface area contributed by atoms with Gasteiger partial charge in [0.25, 0.3) is 0 Å². The first-order chi connectivity index (χ1) is 12.2. The summed E-state index contributed by atoms with van der Waals surface area (Å²) in [6.45, 7) is 5.03. The van der Waals surface area contributed by atoms with E-state index in [2.05, 4.69) is 26.0 Å². The first-order valence-corrected chi connectivity index (χ1v) is 9.19. The van der Waals surface area contributed by atoms with Crippen molar-refractivity contribution in [2.45, 2.75) is 32.4 Å². The maximum Gasteiger partial charge on any atom is 0.227 e. The van der Waals surface area contributed by atoms with Gasteiger partial charge in [-0.15, -0.1) is 0 Å². The van der Waals surface area contributed by atoms with Crippen molar-refractivity contribution in [2.24, 2.45) is 5.92 Å². The van der Waals surface area contributed by atoms with E-state index in [9.17, 15) is 0 Å². The van der Waals surface area contributed by atoms with Crippen molar-refractivity contribution in [3.05, 3.63) is 30.0 Å². The average Bonchev–Trinajstić information content (AvgIpc) is 3.14. The quantitative estimate of drug-likeness (QED) is 0.904. The number of rotatable bonds is 4. The fourth-order valence-electron chi connectivity index (χ4n) is 3.89. The molecule has 0 saturated carbocycles. The summed E-state index contributed by atoms with van der Waals surface area (Å²) in [5, 5.41) is 3.44. The van der Waals surface area contributed by atoms with Gasteiger partial charge in [0.05, 0.1) is 12.0 Å². The SMILES string of the molecule is CN(C)c1nc2c(c(N3CCCC(Cn4ccnc4)C3)n1)CCNC2. The van der Waals surface area contributed by atoms with Gasteiger partial charge in [0.15, 0.2) is 0 Å². The molecule has 0 bridgehead atoms. The van der Waals surface area contributed by atoms with Gasteiger partial charge in [0.2, 0.25) is 5.95 Å². The number of hydrogen-bond acceptors (Lipinski definition) is 6. The van der Waals surface area contributed by atoms with Gasteiger partial charge in [0, 0.05) is 58.2 Å². The summed E-state index contributed by atoms with van der Waals surface area (Å²) in [7, 11) is 4.03. The number of aromatic nitrogens is 4. The van der Waals surface area contributed by atoms with Gasteiger partial charge in [0.1, 0.15) is 5.82 Å². The van der Waals surface area contributed by atoms with E-state index in [0.29, 0.717) is 5.92 Å². The van der Waals surface area contributed by atoms with Gasteiger partial charge in [-0.3, -0.25) is 0 Å². The Labute approximate surface area is 149 Å². The molecule has 25 heavy (non-hydrogen) atoms. The molecule has 4 rings (SSSR count). The van der Waals surface area contributed by atoms with Crippen molar-refractivity contribution in [1.29, 1.82) is 0 Å². The summed E-state index contributed by atoms with van der Waals surface area (Å²) >= 11 is 0. The Kier molecular flexibility index (Phi) is 4.57. The Morgan fingerprint density at radius 3 is 3.04 bits per heavy atom. The molecule has 134 valence electrons. The monoisotopic (exact) mass is 341 g/mol. The summed E-state index contributed by atoms with van der Waals surface area (Å²) in [4.78, 5) is 18.4. The molecule has 0 spiro atoms. The van der Waals surface area contributed by atoms with Gasteiger partial charge < -0.3 is 19.7 Å². The topological polar surface area (TPSA) is 62.1 Å². The second-order valence-corrected chi connectivity index (χ2v) is 7.31. The summed E-state index contributed by atoms with van der Waals surface area (Å²) in [5.41, 5.74) is 2.50. The summed E-state index contributed by atoms with van der Waals surface area (Å²) in [6.07, 6.45) is 9.33. The van der Waals surface area contributed by atoms with Crippen LogP contribution in [-0.2, 0) is 19.5 Å². The molecule has 2 aromatic rings. The standard InChI is InChI=1S/C18H27N7/c1-23(2)18-21-16-10-19-6-5-15(16)17(22-18)25-8-3-4-14(12-25)11-24-9-7-20-13-24/h7,9,13-14,19H,3-6,8,10-12H2,1-2H3. The number of fused-ring (bicyclic) bond motifs is 1. The smallest absolute Gasteiger partial charge is 0.227 e. The largest absolute Gasteiger partial charge is 0.356 e. The molecule has 0 amide bonds. The fraction of sp³-hybridized carbons (Fsp3) is 0.611. The van der Waals surface area contributed by atoms with Crippen molar-refractivity contribution >= 4 is 11.8 Å². The van der Waals surface area contributed by atoms with E-state index < -0.39 is 0 Å².